The van der Waals surface area contributed by atoms with Crippen LogP contribution >= 0.6 is 0 Å². The number of carbonyl (C=O) groups excluding carboxylic acids is 1. The van der Waals surface area contributed by atoms with Crippen LogP contribution in [0, 0.1) is 13.8 Å². The van der Waals surface area contributed by atoms with Crippen LogP contribution in [0.2, 0.25) is 0 Å². The van der Waals surface area contributed by atoms with E-state index in [1.807, 2.05) is 44.2 Å². The first-order valence-corrected chi connectivity index (χ1v) is 6.58. The monoisotopic (exact) mass is 281 g/mol. The van der Waals surface area contributed by atoms with Gasteiger partial charge in [-0.2, -0.15) is 5.10 Å². The van der Waals surface area contributed by atoms with E-state index in [0.29, 0.717) is 0 Å². The number of hydrazone groups is 1. The highest BCUT2D eigenvalue weighted by Crippen LogP contribution is 2.34. The van der Waals surface area contributed by atoms with Crippen molar-refractivity contribution < 1.29 is 9.21 Å². The van der Waals surface area contributed by atoms with Crippen molar-refractivity contribution >= 4 is 34.2 Å². The number of rotatable bonds is 2. The maximum Gasteiger partial charge on any atom is 0.332 e. The topological polar surface area (TPSA) is 80.6 Å². The number of primary amides is 1. The summed E-state index contributed by atoms with van der Waals surface area (Å²) in [5, 5.41) is 5.98. The molecular formula is C16H15N3O2. The number of benzene rings is 2. The van der Waals surface area contributed by atoms with E-state index in [2.05, 4.69) is 10.5 Å². The van der Waals surface area contributed by atoms with Crippen LogP contribution in [-0.2, 0) is 0 Å². The number of nitrogens with zero attached hydrogens (tertiary/aromatic N) is 1. The zero-order valence-corrected chi connectivity index (χ0v) is 11.8. The minimum absolute atomic E-state index is 0.685. The molecule has 0 spiro atoms. The van der Waals surface area contributed by atoms with Crippen LogP contribution in [0.25, 0.3) is 21.9 Å². The summed E-state index contributed by atoms with van der Waals surface area (Å²) in [5.74, 6) is 0. The Kier molecular flexibility index (Phi) is 3.10. The van der Waals surface area contributed by atoms with E-state index >= 15 is 0 Å². The van der Waals surface area contributed by atoms with Crippen molar-refractivity contribution in [3.05, 3.63) is 47.0 Å². The number of amides is 2. The molecule has 5 heteroatoms. The van der Waals surface area contributed by atoms with Crippen LogP contribution in [0.1, 0.15) is 16.7 Å². The molecule has 3 aromatic rings. The van der Waals surface area contributed by atoms with Crippen LogP contribution in [0.4, 0.5) is 4.79 Å². The number of aryl methyl sites for hydroxylation is 2. The van der Waals surface area contributed by atoms with Gasteiger partial charge in [0.05, 0.1) is 6.21 Å². The number of hydrogen-bond donors (Lipinski definition) is 2. The minimum atomic E-state index is -0.685. The van der Waals surface area contributed by atoms with Crippen molar-refractivity contribution in [2.24, 2.45) is 10.8 Å². The van der Waals surface area contributed by atoms with Crippen molar-refractivity contribution in [2.75, 3.05) is 0 Å². The van der Waals surface area contributed by atoms with Crippen LogP contribution in [0.3, 0.4) is 0 Å². The molecule has 0 aliphatic heterocycles. The van der Waals surface area contributed by atoms with Gasteiger partial charge in [-0.15, -0.1) is 0 Å². The van der Waals surface area contributed by atoms with Gasteiger partial charge in [0.25, 0.3) is 0 Å². The highest BCUT2D eigenvalue weighted by molar-refractivity contribution is 6.10. The van der Waals surface area contributed by atoms with E-state index in [1.165, 1.54) is 0 Å². The number of hydrogen-bond acceptors (Lipinski definition) is 3. The molecule has 5 nitrogen and oxygen atoms in total. The molecule has 0 saturated carbocycles. The van der Waals surface area contributed by atoms with Crippen molar-refractivity contribution in [3.63, 3.8) is 0 Å². The molecule has 21 heavy (non-hydrogen) atoms. The summed E-state index contributed by atoms with van der Waals surface area (Å²) >= 11 is 0. The van der Waals surface area contributed by atoms with Crippen molar-refractivity contribution in [1.29, 1.82) is 0 Å². The molecule has 0 unspecified atom stereocenters. The van der Waals surface area contributed by atoms with Gasteiger partial charge < -0.3 is 10.2 Å². The van der Waals surface area contributed by atoms with Gasteiger partial charge in [-0.1, -0.05) is 18.2 Å². The van der Waals surface area contributed by atoms with Gasteiger partial charge in [0.1, 0.15) is 11.2 Å². The SMILES string of the molecule is Cc1cc(/C=N\NC(N)=O)c(C)c2c1oc1ccccc12. The Hall–Kier alpha value is -2.82. The van der Waals surface area contributed by atoms with Gasteiger partial charge >= 0.3 is 6.03 Å². The van der Waals surface area contributed by atoms with E-state index in [9.17, 15) is 4.79 Å². The lowest BCUT2D eigenvalue weighted by Gasteiger charge is -2.04. The number of fused-ring (bicyclic) bond motifs is 3. The van der Waals surface area contributed by atoms with Gasteiger partial charge in [-0.3, -0.25) is 0 Å². The van der Waals surface area contributed by atoms with Gasteiger partial charge in [0, 0.05) is 10.8 Å². The summed E-state index contributed by atoms with van der Waals surface area (Å²) < 4.78 is 5.93. The second-order valence-corrected chi connectivity index (χ2v) is 4.94. The predicted molar refractivity (Wildman–Crippen MR) is 83.5 cm³/mol. The smallest absolute Gasteiger partial charge is 0.332 e. The molecule has 2 aromatic carbocycles. The maximum absolute atomic E-state index is 10.7. The van der Waals surface area contributed by atoms with Gasteiger partial charge in [0.15, 0.2) is 0 Å². The molecule has 1 heterocycles. The highest BCUT2D eigenvalue weighted by atomic mass is 16.3. The van der Waals surface area contributed by atoms with Gasteiger partial charge in [-0.25, -0.2) is 10.2 Å². The van der Waals surface area contributed by atoms with E-state index in [-0.39, 0.29) is 0 Å². The summed E-state index contributed by atoms with van der Waals surface area (Å²) in [4.78, 5) is 10.7. The fraction of sp³-hybridized carbons (Fsp3) is 0.125. The third kappa shape index (κ3) is 2.23. The average Bonchev–Trinajstić information content (AvgIpc) is 2.84. The number of urea groups is 1. The number of nitrogens with two attached hydrogens (primary N) is 1. The van der Waals surface area contributed by atoms with Crippen molar-refractivity contribution in [3.8, 4) is 0 Å². The quantitative estimate of drug-likeness (QED) is 0.558. The molecule has 3 N–H and O–H groups in total. The maximum atomic E-state index is 10.7. The van der Waals surface area contributed by atoms with Crippen LogP contribution in [0.5, 0.6) is 0 Å². The Labute approximate surface area is 121 Å². The molecule has 0 aliphatic rings. The largest absolute Gasteiger partial charge is 0.456 e. The Morgan fingerprint density at radius 2 is 2.10 bits per heavy atom. The Morgan fingerprint density at radius 1 is 1.33 bits per heavy atom. The standard InChI is InChI=1S/C16H15N3O2/c1-9-7-11(8-18-19-16(17)20)10(2)14-12-5-3-4-6-13(12)21-15(9)14/h3-8H,1-2H3,(H3,17,19,20)/b18-8-. The first-order chi connectivity index (χ1) is 10.1. The third-order valence-electron chi connectivity index (χ3n) is 3.51. The summed E-state index contributed by atoms with van der Waals surface area (Å²) in [6, 6.07) is 9.23. The first-order valence-electron chi connectivity index (χ1n) is 6.58. The molecule has 0 radical (unpaired) electrons. The fourth-order valence-corrected chi connectivity index (χ4v) is 2.55. The zero-order chi connectivity index (χ0) is 15.0. The lowest BCUT2D eigenvalue weighted by atomic mass is 9.99. The fourth-order valence-electron chi connectivity index (χ4n) is 2.55. The zero-order valence-electron chi connectivity index (χ0n) is 11.8. The van der Waals surface area contributed by atoms with Gasteiger partial charge in [0.2, 0.25) is 0 Å². The molecule has 106 valence electrons. The van der Waals surface area contributed by atoms with Crippen LogP contribution < -0.4 is 11.2 Å². The van der Waals surface area contributed by atoms with Crippen LogP contribution in [0.15, 0.2) is 39.9 Å². The molecule has 0 fully saturated rings. The number of furan rings is 1. The number of carbonyl (C=O) groups is 1. The normalized spacial score (nSPS) is 11.5. The molecular weight excluding hydrogens is 266 g/mol. The molecule has 1 aromatic heterocycles. The van der Waals surface area contributed by atoms with E-state index < -0.39 is 6.03 Å². The van der Waals surface area contributed by atoms with Crippen LogP contribution in [-0.4, -0.2) is 12.2 Å². The van der Waals surface area contributed by atoms with Gasteiger partial charge in [-0.05, 0) is 42.7 Å². The Bertz CT molecular complexity index is 878. The second kappa shape index (κ2) is 4.94. The average molecular weight is 281 g/mol. The summed E-state index contributed by atoms with van der Waals surface area (Å²) in [7, 11) is 0. The lowest BCUT2D eigenvalue weighted by molar-refractivity contribution is 0.249. The van der Waals surface area contributed by atoms with Crippen molar-refractivity contribution in [1.82, 2.24) is 5.43 Å². The summed E-state index contributed by atoms with van der Waals surface area (Å²) in [6.45, 7) is 4.00. The molecule has 0 atom stereocenters. The number of nitrogens with one attached hydrogen (secondary N) is 1. The first kappa shape index (κ1) is 13.2. The highest BCUT2D eigenvalue weighted by Gasteiger charge is 2.13. The molecule has 0 aliphatic carbocycles. The van der Waals surface area contributed by atoms with E-state index in [0.717, 1.165) is 38.6 Å². The molecule has 2 amide bonds. The lowest BCUT2D eigenvalue weighted by Crippen LogP contribution is -2.24. The number of para-hydroxylation sites is 1. The molecule has 0 bridgehead atoms. The second-order valence-electron chi connectivity index (χ2n) is 4.94. The molecule has 3 rings (SSSR count). The Morgan fingerprint density at radius 3 is 2.86 bits per heavy atom. The predicted octanol–water partition coefficient (Wildman–Crippen LogP) is 3.21. The summed E-state index contributed by atoms with van der Waals surface area (Å²) in [5.41, 5.74) is 11.9. The third-order valence-corrected chi connectivity index (χ3v) is 3.51. The van der Waals surface area contributed by atoms with E-state index in [4.69, 9.17) is 10.2 Å². The summed E-state index contributed by atoms with van der Waals surface area (Å²) in [6.07, 6.45) is 1.59. The minimum Gasteiger partial charge on any atom is -0.456 e. The molecule has 0 saturated heterocycles. The van der Waals surface area contributed by atoms with E-state index in [1.54, 1.807) is 6.21 Å². The van der Waals surface area contributed by atoms with Crippen molar-refractivity contribution in [2.45, 2.75) is 13.8 Å². The Balaban J connectivity index is 2.24.